The molecule has 0 aliphatic rings. The van der Waals surface area contributed by atoms with Gasteiger partial charge in [-0.05, 0) is 72.8 Å². The van der Waals surface area contributed by atoms with Crippen LogP contribution >= 0.6 is 0 Å². The van der Waals surface area contributed by atoms with Crippen LogP contribution in [0.2, 0.25) is 0 Å². The van der Waals surface area contributed by atoms with E-state index in [1.807, 2.05) is 0 Å². The van der Waals surface area contributed by atoms with Gasteiger partial charge in [-0.1, -0.05) is 0 Å². The van der Waals surface area contributed by atoms with Crippen molar-refractivity contribution >= 4 is 47.4 Å². The molecular weight excluding hydrogens is 637 g/mol. The van der Waals surface area contributed by atoms with Crippen molar-refractivity contribution in [3.63, 3.8) is 0 Å². The van der Waals surface area contributed by atoms with Gasteiger partial charge in [-0.3, -0.25) is 0 Å². The summed E-state index contributed by atoms with van der Waals surface area (Å²) in [6.45, 7) is 0. The average Bonchev–Trinajstić information content (AvgIpc) is 2.68. The first kappa shape index (κ1) is 32.0. The van der Waals surface area contributed by atoms with Gasteiger partial charge < -0.3 is 30.9 Å². The van der Waals surface area contributed by atoms with E-state index < -0.39 is 30.4 Å². The second-order valence-corrected chi connectivity index (χ2v) is 10.2. The third-order valence-corrected chi connectivity index (χ3v) is 6.05. The number of hydrogen-bond donors (Lipinski definition) is 3. The number of rotatable bonds is 3. The second-order valence-electron chi connectivity index (χ2n) is 6.07. The van der Waals surface area contributed by atoms with Crippen molar-refractivity contribution in [2.75, 3.05) is 17.2 Å². The molecule has 0 amide bonds. The summed E-state index contributed by atoms with van der Waals surface area (Å²) in [5.74, 6) is 0. The van der Waals surface area contributed by atoms with Crippen molar-refractivity contribution in [2.45, 2.75) is 14.7 Å². The molecule has 0 aromatic heterocycles. The van der Waals surface area contributed by atoms with Crippen molar-refractivity contribution < 1.29 is 74.5 Å². The third kappa shape index (κ3) is 11.9. The quantitative estimate of drug-likeness (QED) is 0.258. The maximum Gasteiger partial charge on any atom is 3.00 e. The molecule has 16 heteroatoms. The molecule has 0 aliphatic carbocycles. The summed E-state index contributed by atoms with van der Waals surface area (Å²) in [6.07, 6.45) is 0. The maximum atomic E-state index is 10.3. The molecule has 12 nitrogen and oxygen atoms in total. The van der Waals surface area contributed by atoms with Crippen molar-refractivity contribution in [1.29, 1.82) is 0 Å². The van der Waals surface area contributed by atoms with Crippen molar-refractivity contribution in [1.82, 2.24) is 0 Å². The van der Waals surface area contributed by atoms with Crippen LogP contribution in [0, 0.1) is 35.6 Å². The van der Waals surface area contributed by atoms with Gasteiger partial charge in [0.15, 0.2) is 0 Å². The number of benzene rings is 3. The van der Waals surface area contributed by atoms with Gasteiger partial charge in [0, 0.05) is 17.1 Å². The summed E-state index contributed by atoms with van der Waals surface area (Å²) in [5, 5.41) is 0. The first-order valence-electron chi connectivity index (χ1n) is 8.44. The standard InChI is InChI=1S/3C6H7NO3S.La/c3*7-5-1-3-6(4-2-5)11(8,9)10;/h3*1-4H,7H2,(H,8,9,10);/q;;;+3/p-3. The molecule has 0 spiro atoms. The Bertz CT molecular complexity index is 1200. The van der Waals surface area contributed by atoms with E-state index in [9.17, 15) is 38.9 Å². The number of anilines is 3. The maximum absolute atomic E-state index is 10.3. The molecule has 34 heavy (non-hydrogen) atoms. The predicted molar refractivity (Wildman–Crippen MR) is 116 cm³/mol. The Balaban J connectivity index is 0.000000473. The number of nitrogens with two attached hydrogens (primary N) is 3. The van der Waals surface area contributed by atoms with Crippen LogP contribution in [-0.2, 0) is 30.4 Å². The summed E-state index contributed by atoms with van der Waals surface area (Å²) in [5.41, 5.74) is 17.1. The summed E-state index contributed by atoms with van der Waals surface area (Å²) in [4.78, 5) is -0.773. The molecule has 0 saturated heterocycles. The van der Waals surface area contributed by atoms with Crippen LogP contribution in [-0.4, -0.2) is 38.9 Å². The van der Waals surface area contributed by atoms with Crippen LogP contribution in [0.3, 0.4) is 0 Å². The van der Waals surface area contributed by atoms with E-state index in [1.165, 1.54) is 72.8 Å². The van der Waals surface area contributed by atoms with Gasteiger partial charge >= 0.3 is 35.6 Å². The molecule has 3 aromatic rings. The SMILES string of the molecule is Nc1ccc(S(=O)(=O)[O-])cc1.Nc1ccc(S(=O)(=O)[O-])cc1.Nc1ccc(S(=O)(=O)[O-])cc1.[La+3]. The van der Waals surface area contributed by atoms with Crippen LogP contribution in [0.1, 0.15) is 0 Å². The van der Waals surface area contributed by atoms with E-state index in [0.717, 1.165) is 0 Å². The minimum absolute atomic E-state index is 0. The predicted octanol–water partition coefficient (Wildman–Crippen LogP) is 0.519. The van der Waals surface area contributed by atoms with Gasteiger partial charge in [0.1, 0.15) is 30.4 Å². The van der Waals surface area contributed by atoms with Crippen LogP contribution in [0.15, 0.2) is 87.5 Å². The van der Waals surface area contributed by atoms with E-state index in [4.69, 9.17) is 17.2 Å². The van der Waals surface area contributed by atoms with Gasteiger partial charge in [-0.15, -0.1) is 0 Å². The average molecular weight is 655 g/mol. The molecule has 3 rings (SSSR count). The smallest absolute Gasteiger partial charge is 0.744 e. The minimum atomic E-state index is -4.33. The zero-order valence-corrected chi connectivity index (χ0v) is 23.2. The summed E-state index contributed by atoms with van der Waals surface area (Å²) >= 11 is 0. The van der Waals surface area contributed by atoms with Gasteiger partial charge in [-0.2, -0.15) is 0 Å². The van der Waals surface area contributed by atoms with Crippen LogP contribution in [0.4, 0.5) is 17.1 Å². The molecule has 0 heterocycles. The topological polar surface area (TPSA) is 250 Å². The third-order valence-electron chi connectivity index (χ3n) is 3.51. The van der Waals surface area contributed by atoms with Crippen molar-refractivity contribution in [3.05, 3.63) is 72.8 Å². The normalized spacial score (nSPS) is 11.0. The molecule has 3 aromatic carbocycles. The van der Waals surface area contributed by atoms with E-state index in [0.29, 0.717) is 17.1 Å². The molecule has 0 saturated carbocycles. The molecule has 6 N–H and O–H groups in total. The molecular formula is C18H18LaN3O9S3. The molecule has 0 bridgehead atoms. The Kier molecular flexibility index (Phi) is 12.4. The summed E-state index contributed by atoms with van der Waals surface area (Å²) < 4.78 is 93.1. The van der Waals surface area contributed by atoms with Crippen molar-refractivity contribution in [2.24, 2.45) is 0 Å². The molecule has 0 atom stereocenters. The Labute approximate surface area is 225 Å². The zero-order valence-electron chi connectivity index (χ0n) is 17.1. The van der Waals surface area contributed by atoms with Gasteiger partial charge in [0.2, 0.25) is 0 Å². The summed E-state index contributed by atoms with van der Waals surface area (Å²) in [7, 11) is -13.0. The molecule has 0 radical (unpaired) electrons. The monoisotopic (exact) mass is 655 g/mol. The Morgan fingerprint density at radius 2 is 0.559 bits per heavy atom. The van der Waals surface area contributed by atoms with Crippen LogP contribution in [0.25, 0.3) is 0 Å². The molecule has 0 fully saturated rings. The number of hydrogen-bond acceptors (Lipinski definition) is 12. The molecule has 180 valence electrons. The van der Waals surface area contributed by atoms with E-state index >= 15 is 0 Å². The first-order valence-corrected chi connectivity index (χ1v) is 12.7. The summed E-state index contributed by atoms with van der Waals surface area (Å²) in [6, 6.07) is 15.3. The Morgan fingerprint density at radius 1 is 0.412 bits per heavy atom. The van der Waals surface area contributed by atoms with Crippen LogP contribution < -0.4 is 17.2 Å². The van der Waals surface area contributed by atoms with Gasteiger partial charge in [-0.25, -0.2) is 25.3 Å². The van der Waals surface area contributed by atoms with E-state index in [1.54, 1.807) is 0 Å². The van der Waals surface area contributed by atoms with Gasteiger partial charge in [0.25, 0.3) is 0 Å². The Hall–Kier alpha value is -2.02. The number of nitrogen functional groups attached to an aromatic ring is 3. The van der Waals surface area contributed by atoms with E-state index in [2.05, 4.69) is 0 Å². The minimum Gasteiger partial charge on any atom is -0.744 e. The van der Waals surface area contributed by atoms with Gasteiger partial charge in [0.05, 0.1) is 14.7 Å². The fourth-order valence-corrected chi connectivity index (χ4v) is 3.31. The van der Waals surface area contributed by atoms with Crippen molar-refractivity contribution in [3.8, 4) is 0 Å². The Morgan fingerprint density at radius 3 is 0.676 bits per heavy atom. The fourth-order valence-electron chi connectivity index (χ4n) is 1.90. The van der Waals surface area contributed by atoms with E-state index in [-0.39, 0.29) is 50.3 Å². The fraction of sp³-hybridized carbons (Fsp3) is 0. The first-order chi connectivity index (χ1) is 15.0. The second kappa shape index (κ2) is 13.2. The zero-order chi connectivity index (χ0) is 25.4. The molecule has 0 aliphatic heterocycles. The largest absolute Gasteiger partial charge is 3.00 e. The van der Waals surface area contributed by atoms with Crippen LogP contribution in [0.5, 0.6) is 0 Å². The molecule has 0 unspecified atom stereocenters.